The number of aliphatic carboxylic acids is 1. The Kier molecular flexibility index (Phi) is 4.83. The molecule has 1 N–H and O–H groups in total. The third kappa shape index (κ3) is 4.21. The summed E-state index contributed by atoms with van der Waals surface area (Å²) in [4.78, 5) is 24.7. The minimum atomic E-state index is -0.952. The molecule has 0 bridgehead atoms. The lowest BCUT2D eigenvalue weighted by Gasteiger charge is -2.22. The van der Waals surface area contributed by atoms with Gasteiger partial charge in [0.1, 0.15) is 12.3 Å². The average molecular weight is 291 g/mol. The van der Waals surface area contributed by atoms with Gasteiger partial charge in [0.15, 0.2) is 0 Å². The molecule has 0 aliphatic heterocycles. The number of methoxy groups -OCH3 is 1. The van der Waals surface area contributed by atoms with Crippen molar-refractivity contribution in [3.05, 3.63) is 29.8 Å². The van der Waals surface area contributed by atoms with Gasteiger partial charge >= 0.3 is 5.97 Å². The zero-order valence-corrected chi connectivity index (χ0v) is 12.4. The minimum Gasteiger partial charge on any atom is -0.497 e. The van der Waals surface area contributed by atoms with Crippen molar-refractivity contribution < 1.29 is 19.4 Å². The van der Waals surface area contributed by atoms with Crippen LogP contribution in [0.15, 0.2) is 24.3 Å². The van der Waals surface area contributed by atoms with Crippen LogP contribution >= 0.6 is 0 Å². The Morgan fingerprint density at radius 3 is 2.43 bits per heavy atom. The first-order valence-corrected chi connectivity index (χ1v) is 7.16. The van der Waals surface area contributed by atoms with Crippen LogP contribution < -0.4 is 4.74 Å². The molecule has 0 heterocycles. The van der Waals surface area contributed by atoms with E-state index < -0.39 is 5.97 Å². The lowest BCUT2D eigenvalue weighted by Crippen LogP contribution is -2.37. The summed E-state index contributed by atoms with van der Waals surface area (Å²) in [5.74, 6) is -0.197. The van der Waals surface area contributed by atoms with Crippen LogP contribution in [0.25, 0.3) is 0 Å². The van der Waals surface area contributed by atoms with E-state index in [0.29, 0.717) is 6.42 Å². The van der Waals surface area contributed by atoms with Gasteiger partial charge < -0.3 is 14.7 Å². The fraction of sp³-hybridized carbons (Fsp3) is 0.500. The number of hydrogen-bond donors (Lipinski definition) is 1. The van der Waals surface area contributed by atoms with Crippen molar-refractivity contribution in [1.29, 1.82) is 0 Å². The number of carboxylic acid groups (broad SMARTS) is 1. The molecule has 2 rings (SSSR count). The molecule has 1 aromatic rings. The lowest BCUT2D eigenvalue weighted by atomic mass is 9.97. The standard InChI is InChI=1S/C16H21NO4/c1-11(12-3-7-14(21-2)8-4-12)9-15(18)17(10-16(19)20)13-5-6-13/h3-4,7-8,11,13H,5-6,9-10H2,1-2H3,(H,19,20). The van der Waals surface area contributed by atoms with Crippen LogP contribution in [0.4, 0.5) is 0 Å². The maximum Gasteiger partial charge on any atom is 0.323 e. The predicted octanol–water partition coefficient (Wildman–Crippen LogP) is 2.26. The molecule has 0 aromatic heterocycles. The topological polar surface area (TPSA) is 66.8 Å². The summed E-state index contributed by atoms with van der Waals surface area (Å²) in [5, 5.41) is 8.91. The molecular weight excluding hydrogens is 270 g/mol. The maximum absolute atomic E-state index is 12.3. The number of carbonyl (C=O) groups is 2. The Morgan fingerprint density at radius 2 is 1.95 bits per heavy atom. The van der Waals surface area contributed by atoms with E-state index in [1.165, 1.54) is 4.90 Å². The molecule has 0 radical (unpaired) electrons. The summed E-state index contributed by atoms with van der Waals surface area (Å²) < 4.78 is 5.11. The Morgan fingerprint density at radius 1 is 1.33 bits per heavy atom. The van der Waals surface area contributed by atoms with Crippen molar-refractivity contribution in [1.82, 2.24) is 4.90 Å². The van der Waals surface area contributed by atoms with E-state index in [0.717, 1.165) is 24.2 Å². The van der Waals surface area contributed by atoms with Crippen LogP contribution in [-0.4, -0.2) is 41.6 Å². The Bertz CT molecular complexity index is 508. The van der Waals surface area contributed by atoms with Crippen molar-refractivity contribution in [2.45, 2.75) is 38.1 Å². The van der Waals surface area contributed by atoms with Gasteiger partial charge in [0.25, 0.3) is 0 Å². The zero-order valence-electron chi connectivity index (χ0n) is 12.4. The van der Waals surface area contributed by atoms with E-state index in [9.17, 15) is 9.59 Å². The third-order valence-corrected chi connectivity index (χ3v) is 3.78. The van der Waals surface area contributed by atoms with Crippen LogP contribution in [0, 0.1) is 0 Å². The molecule has 1 aliphatic carbocycles. The van der Waals surface area contributed by atoms with Crippen molar-refractivity contribution in [2.75, 3.05) is 13.7 Å². The number of nitrogens with zero attached hydrogens (tertiary/aromatic N) is 1. The first kappa shape index (κ1) is 15.4. The van der Waals surface area contributed by atoms with E-state index in [4.69, 9.17) is 9.84 Å². The quantitative estimate of drug-likeness (QED) is 0.837. The van der Waals surface area contributed by atoms with Crippen molar-refractivity contribution >= 4 is 11.9 Å². The lowest BCUT2D eigenvalue weighted by molar-refractivity contribution is -0.145. The molecule has 0 saturated heterocycles. The van der Waals surface area contributed by atoms with E-state index in [1.54, 1.807) is 7.11 Å². The van der Waals surface area contributed by atoms with Crippen LogP contribution in [0.5, 0.6) is 5.75 Å². The first-order valence-electron chi connectivity index (χ1n) is 7.16. The van der Waals surface area contributed by atoms with Crippen LogP contribution in [0.3, 0.4) is 0 Å². The van der Waals surface area contributed by atoms with Gasteiger partial charge in [0, 0.05) is 12.5 Å². The summed E-state index contributed by atoms with van der Waals surface area (Å²) in [5.41, 5.74) is 1.05. The molecular formula is C16H21NO4. The van der Waals surface area contributed by atoms with Gasteiger partial charge in [0.2, 0.25) is 5.91 Å². The number of carboxylic acids is 1. The highest BCUT2D eigenvalue weighted by atomic mass is 16.5. The Balaban J connectivity index is 1.97. The highest BCUT2D eigenvalue weighted by Crippen LogP contribution is 2.29. The SMILES string of the molecule is COc1ccc(C(C)CC(=O)N(CC(=O)O)C2CC2)cc1. The van der Waals surface area contributed by atoms with Crippen molar-refractivity contribution in [2.24, 2.45) is 0 Å². The maximum atomic E-state index is 12.3. The van der Waals surface area contributed by atoms with E-state index in [-0.39, 0.29) is 24.4 Å². The summed E-state index contributed by atoms with van der Waals surface area (Å²) in [6.45, 7) is 1.78. The highest BCUT2D eigenvalue weighted by molar-refractivity contribution is 5.82. The molecule has 1 unspecified atom stereocenters. The van der Waals surface area contributed by atoms with E-state index in [1.807, 2.05) is 31.2 Å². The fourth-order valence-electron chi connectivity index (χ4n) is 2.38. The largest absolute Gasteiger partial charge is 0.497 e. The molecule has 1 fully saturated rings. The number of carbonyl (C=O) groups excluding carboxylic acids is 1. The monoisotopic (exact) mass is 291 g/mol. The third-order valence-electron chi connectivity index (χ3n) is 3.78. The molecule has 1 aromatic carbocycles. The summed E-state index contributed by atoms with van der Waals surface area (Å²) in [6.07, 6.45) is 2.15. The molecule has 5 nitrogen and oxygen atoms in total. The van der Waals surface area contributed by atoms with Gasteiger partial charge in [-0.1, -0.05) is 19.1 Å². The predicted molar refractivity (Wildman–Crippen MR) is 78.4 cm³/mol. The first-order chi connectivity index (χ1) is 10.0. The summed E-state index contributed by atoms with van der Waals surface area (Å²) >= 11 is 0. The van der Waals surface area contributed by atoms with Gasteiger partial charge in [-0.25, -0.2) is 0 Å². The van der Waals surface area contributed by atoms with Crippen LogP contribution in [0.2, 0.25) is 0 Å². The van der Waals surface area contributed by atoms with Crippen molar-refractivity contribution in [3.63, 3.8) is 0 Å². The van der Waals surface area contributed by atoms with Gasteiger partial charge in [-0.05, 0) is 36.5 Å². The number of ether oxygens (including phenoxy) is 1. The molecule has 21 heavy (non-hydrogen) atoms. The van der Waals surface area contributed by atoms with Crippen LogP contribution in [-0.2, 0) is 9.59 Å². The zero-order chi connectivity index (χ0) is 15.4. The fourth-order valence-corrected chi connectivity index (χ4v) is 2.38. The summed E-state index contributed by atoms with van der Waals surface area (Å²) in [6, 6.07) is 7.74. The Hall–Kier alpha value is -2.04. The van der Waals surface area contributed by atoms with Crippen LogP contribution in [0.1, 0.15) is 37.7 Å². The minimum absolute atomic E-state index is 0.0541. The second-order valence-corrected chi connectivity index (χ2v) is 5.52. The highest BCUT2D eigenvalue weighted by Gasteiger charge is 2.34. The molecule has 1 saturated carbocycles. The van der Waals surface area contributed by atoms with E-state index >= 15 is 0 Å². The van der Waals surface area contributed by atoms with E-state index in [2.05, 4.69) is 0 Å². The Labute approximate surface area is 124 Å². The van der Waals surface area contributed by atoms with Gasteiger partial charge in [-0.15, -0.1) is 0 Å². The molecule has 1 amide bonds. The normalized spacial score (nSPS) is 15.3. The molecule has 1 atom stereocenters. The molecule has 5 heteroatoms. The number of amides is 1. The number of rotatable bonds is 7. The molecule has 0 spiro atoms. The summed E-state index contributed by atoms with van der Waals surface area (Å²) in [7, 11) is 1.61. The number of hydrogen-bond acceptors (Lipinski definition) is 3. The van der Waals surface area contributed by atoms with Gasteiger partial charge in [0.05, 0.1) is 7.11 Å². The second kappa shape index (κ2) is 6.61. The molecule has 1 aliphatic rings. The average Bonchev–Trinajstić information content (AvgIpc) is 3.29. The number of benzene rings is 1. The smallest absolute Gasteiger partial charge is 0.323 e. The van der Waals surface area contributed by atoms with Crippen molar-refractivity contribution in [3.8, 4) is 5.75 Å². The van der Waals surface area contributed by atoms with Gasteiger partial charge in [-0.2, -0.15) is 0 Å². The second-order valence-electron chi connectivity index (χ2n) is 5.52. The van der Waals surface area contributed by atoms with Gasteiger partial charge in [-0.3, -0.25) is 9.59 Å². The molecule has 114 valence electrons.